The molecule has 0 saturated carbocycles. The van der Waals surface area contributed by atoms with E-state index in [0.29, 0.717) is 22.7 Å². The first kappa shape index (κ1) is 15.9. The quantitative estimate of drug-likeness (QED) is 0.712. The molecule has 0 aliphatic carbocycles. The molecule has 1 N–H and O–H groups in total. The molecule has 20 heavy (non-hydrogen) atoms. The van der Waals surface area contributed by atoms with Crippen molar-refractivity contribution in [1.82, 2.24) is 5.32 Å². The van der Waals surface area contributed by atoms with E-state index in [1.165, 1.54) is 25.7 Å². The highest BCUT2D eigenvalue weighted by Gasteiger charge is 2.25. The summed E-state index contributed by atoms with van der Waals surface area (Å²) in [5, 5.41) is 4.97. The highest BCUT2D eigenvalue weighted by atomic mass is 35.5. The summed E-state index contributed by atoms with van der Waals surface area (Å²) in [6.45, 7) is 5.18. The van der Waals surface area contributed by atoms with Gasteiger partial charge in [0.15, 0.2) is 0 Å². The third-order valence-electron chi connectivity index (χ3n) is 3.79. The molecular formula is C16H23Cl2NO. The molecule has 0 radical (unpaired) electrons. The second-order valence-corrected chi connectivity index (χ2v) is 6.40. The van der Waals surface area contributed by atoms with Gasteiger partial charge in [0.2, 0.25) is 0 Å². The standard InChI is InChI=1S/C16H23Cl2NO/c1-3-4-5-6-11(2)19-15-7-8-20-16-13(15)9-12(17)10-14(16)18/h9-11,15,19H,3-8H2,1-2H3. The van der Waals surface area contributed by atoms with Crippen LogP contribution in [0, 0.1) is 0 Å². The second kappa shape index (κ2) is 7.53. The van der Waals surface area contributed by atoms with Crippen LogP contribution in [0.15, 0.2) is 12.1 Å². The number of hydrogen-bond donors (Lipinski definition) is 1. The fourth-order valence-electron chi connectivity index (χ4n) is 2.73. The molecule has 1 aliphatic heterocycles. The summed E-state index contributed by atoms with van der Waals surface area (Å²) in [5.74, 6) is 0.792. The molecule has 1 aliphatic rings. The summed E-state index contributed by atoms with van der Waals surface area (Å²) >= 11 is 12.3. The van der Waals surface area contributed by atoms with Gasteiger partial charge in [0.05, 0.1) is 11.6 Å². The molecular weight excluding hydrogens is 293 g/mol. The van der Waals surface area contributed by atoms with Gasteiger partial charge in [-0.3, -0.25) is 0 Å². The van der Waals surface area contributed by atoms with Gasteiger partial charge in [-0.05, 0) is 25.5 Å². The van der Waals surface area contributed by atoms with Crippen molar-refractivity contribution < 1.29 is 4.74 Å². The van der Waals surface area contributed by atoms with Crippen LogP contribution in [-0.2, 0) is 0 Å². The van der Waals surface area contributed by atoms with Gasteiger partial charge in [-0.1, -0.05) is 49.4 Å². The number of fused-ring (bicyclic) bond motifs is 1. The lowest BCUT2D eigenvalue weighted by Gasteiger charge is -2.30. The maximum atomic E-state index is 6.21. The summed E-state index contributed by atoms with van der Waals surface area (Å²) in [4.78, 5) is 0. The van der Waals surface area contributed by atoms with Crippen LogP contribution in [0.2, 0.25) is 10.0 Å². The van der Waals surface area contributed by atoms with Crippen molar-refractivity contribution in [2.45, 2.75) is 58.0 Å². The van der Waals surface area contributed by atoms with Crippen molar-refractivity contribution >= 4 is 23.2 Å². The Kier molecular flexibility index (Phi) is 6.01. The zero-order valence-electron chi connectivity index (χ0n) is 12.2. The highest BCUT2D eigenvalue weighted by molar-refractivity contribution is 6.35. The topological polar surface area (TPSA) is 21.3 Å². The Balaban J connectivity index is 2.04. The Labute approximate surface area is 131 Å². The van der Waals surface area contributed by atoms with Gasteiger partial charge in [0, 0.05) is 29.1 Å². The molecule has 0 fully saturated rings. The van der Waals surface area contributed by atoms with Gasteiger partial charge in [-0.15, -0.1) is 0 Å². The van der Waals surface area contributed by atoms with E-state index in [1.807, 2.05) is 6.07 Å². The number of halogens is 2. The monoisotopic (exact) mass is 315 g/mol. The Morgan fingerprint density at radius 2 is 2.15 bits per heavy atom. The highest BCUT2D eigenvalue weighted by Crippen LogP contribution is 2.40. The smallest absolute Gasteiger partial charge is 0.142 e. The first-order valence-electron chi connectivity index (χ1n) is 7.49. The zero-order valence-corrected chi connectivity index (χ0v) is 13.7. The first-order chi connectivity index (χ1) is 9.61. The number of nitrogens with one attached hydrogen (secondary N) is 1. The van der Waals surface area contributed by atoms with Gasteiger partial charge in [-0.2, -0.15) is 0 Å². The first-order valence-corrected chi connectivity index (χ1v) is 8.25. The van der Waals surface area contributed by atoms with Gasteiger partial charge in [-0.25, -0.2) is 0 Å². The molecule has 0 saturated heterocycles. The third kappa shape index (κ3) is 4.03. The van der Waals surface area contributed by atoms with E-state index >= 15 is 0 Å². The van der Waals surface area contributed by atoms with Crippen molar-refractivity contribution in [2.75, 3.05) is 6.61 Å². The number of unbranched alkanes of at least 4 members (excludes halogenated alkanes) is 2. The number of benzene rings is 1. The Hall–Kier alpha value is -0.440. The normalized spacial score (nSPS) is 19.3. The average Bonchev–Trinajstić information content (AvgIpc) is 2.40. The van der Waals surface area contributed by atoms with Crippen LogP contribution < -0.4 is 10.1 Å². The summed E-state index contributed by atoms with van der Waals surface area (Å²) < 4.78 is 5.69. The van der Waals surface area contributed by atoms with Gasteiger partial charge in [0.25, 0.3) is 0 Å². The van der Waals surface area contributed by atoms with Crippen LogP contribution in [0.5, 0.6) is 5.75 Å². The molecule has 4 heteroatoms. The Morgan fingerprint density at radius 3 is 2.90 bits per heavy atom. The summed E-state index contributed by atoms with van der Waals surface area (Å²) in [7, 11) is 0. The Bertz CT molecular complexity index is 450. The minimum absolute atomic E-state index is 0.284. The van der Waals surface area contributed by atoms with E-state index in [2.05, 4.69) is 19.2 Å². The predicted molar refractivity (Wildman–Crippen MR) is 86.1 cm³/mol. The number of hydrogen-bond acceptors (Lipinski definition) is 2. The van der Waals surface area contributed by atoms with Crippen molar-refractivity contribution in [3.05, 3.63) is 27.7 Å². The number of ether oxygens (including phenoxy) is 1. The molecule has 0 amide bonds. The van der Waals surface area contributed by atoms with E-state index < -0.39 is 0 Å². The van der Waals surface area contributed by atoms with Crippen LogP contribution in [0.1, 0.15) is 57.6 Å². The van der Waals surface area contributed by atoms with Crippen LogP contribution in [-0.4, -0.2) is 12.6 Å². The van der Waals surface area contributed by atoms with Crippen LogP contribution >= 0.6 is 23.2 Å². The van der Waals surface area contributed by atoms with Crippen LogP contribution in [0.3, 0.4) is 0 Å². The lowest BCUT2D eigenvalue weighted by molar-refractivity contribution is 0.243. The molecule has 112 valence electrons. The van der Waals surface area contributed by atoms with Gasteiger partial charge >= 0.3 is 0 Å². The maximum Gasteiger partial charge on any atom is 0.142 e. The Morgan fingerprint density at radius 1 is 1.35 bits per heavy atom. The number of rotatable bonds is 6. The van der Waals surface area contributed by atoms with Crippen LogP contribution in [0.25, 0.3) is 0 Å². The molecule has 0 aromatic heterocycles. The molecule has 1 heterocycles. The molecule has 1 aromatic carbocycles. The van der Waals surface area contributed by atoms with E-state index in [0.717, 1.165) is 17.7 Å². The van der Waals surface area contributed by atoms with E-state index in [-0.39, 0.29) is 6.04 Å². The second-order valence-electron chi connectivity index (χ2n) is 5.56. The predicted octanol–water partition coefficient (Wildman–Crippen LogP) is 5.38. The molecule has 0 bridgehead atoms. The molecule has 1 aromatic rings. The third-order valence-corrected chi connectivity index (χ3v) is 4.29. The summed E-state index contributed by atoms with van der Waals surface area (Å²) in [6.07, 6.45) is 6.00. The zero-order chi connectivity index (χ0) is 14.5. The van der Waals surface area contributed by atoms with Crippen LogP contribution in [0.4, 0.5) is 0 Å². The van der Waals surface area contributed by atoms with Gasteiger partial charge in [0.1, 0.15) is 5.75 Å². The molecule has 0 spiro atoms. The minimum Gasteiger partial charge on any atom is -0.492 e. The van der Waals surface area contributed by atoms with E-state index in [4.69, 9.17) is 27.9 Å². The molecule has 2 nitrogen and oxygen atoms in total. The maximum absolute atomic E-state index is 6.21. The molecule has 2 rings (SSSR count). The summed E-state index contributed by atoms with van der Waals surface area (Å²) in [6, 6.07) is 4.50. The largest absolute Gasteiger partial charge is 0.492 e. The molecule has 2 atom stereocenters. The van der Waals surface area contributed by atoms with Crippen molar-refractivity contribution in [1.29, 1.82) is 0 Å². The van der Waals surface area contributed by atoms with Crippen molar-refractivity contribution in [3.63, 3.8) is 0 Å². The van der Waals surface area contributed by atoms with E-state index in [9.17, 15) is 0 Å². The fraction of sp³-hybridized carbons (Fsp3) is 0.625. The summed E-state index contributed by atoms with van der Waals surface area (Å²) in [5.41, 5.74) is 1.09. The van der Waals surface area contributed by atoms with Crippen molar-refractivity contribution in [3.8, 4) is 5.75 Å². The lowest BCUT2D eigenvalue weighted by Crippen LogP contribution is -2.33. The van der Waals surface area contributed by atoms with Crippen molar-refractivity contribution in [2.24, 2.45) is 0 Å². The van der Waals surface area contributed by atoms with Gasteiger partial charge < -0.3 is 10.1 Å². The minimum atomic E-state index is 0.284. The average molecular weight is 316 g/mol. The molecule has 2 unspecified atom stereocenters. The SMILES string of the molecule is CCCCCC(C)NC1CCOc2c(Cl)cc(Cl)cc21. The van der Waals surface area contributed by atoms with E-state index in [1.54, 1.807) is 6.07 Å². The fourth-order valence-corrected chi connectivity index (χ4v) is 3.29. The lowest BCUT2D eigenvalue weighted by atomic mass is 9.98.